The van der Waals surface area contributed by atoms with Crippen molar-refractivity contribution in [3.8, 4) is 11.5 Å². The van der Waals surface area contributed by atoms with Crippen molar-refractivity contribution in [2.45, 2.75) is 5.22 Å². The van der Waals surface area contributed by atoms with Gasteiger partial charge in [0.05, 0.1) is 16.5 Å². The van der Waals surface area contributed by atoms with Crippen LogP contribution in [0.4, 0.5) is 5.69 Å². The van der Waals surface area contributed by atoms with Gasteiger partial charge in [-0.15, -0.1) is 10.2 Å². The van der Waals surface area contributed by atoms with Gasteiger partial charge < -0.3 is 9.73 Å². The van der Waals surface area contributed by atoms with Crippen LogP contribution in [0, 0.1) is 0 Å². The highest BCUT2D eigenvalue weighted by Crippen LogP contribution is 2.28. The molecule has 0 unspecified atom stereocenters. The number of nitrogens with zero attached hydrogens (tertiary/aromatic N) is 2. The monoisotopic (exact) mass is 429 g/mol. The average molecular weight is 430 g/mol. The van der Waals surface area contributed by atoms with Crippen molar-refractivity contribution < 1.29 is 9.21 Å². The first kappa shape index (κ1) is 18.8. The topological polar surface area (TPSA) is 68.0 Å². The quantitative estimate of drug-likeness (QED) is 0.398. The van der Waals surface area contributed by atoms with E-state index in [2.05, 4.69) is 15.5 Å². The molecule has 3 aromatic carbocycles. The summed E-state index contributed by atoms with van der Waals surface area (Å²) in [5.74, 6) is 0.258. The van der Waals surface area contributed by atoms with Crippen LogP contribution in [-0.4, -0.2) is 21.9 Å². The number of carbonyl (C=O) groups excluding carboxylic acids is 1. The summed E-state index contributed by atoms with van der Waals surface area (Å²) >= 11 is 13.1. The van der Waals surface area contributed by atoms with Gasteiger partial charge in [-0.3, -0.25) is 4.79 Å². The van der Waals surface area contributed by atoms with Gasteiger partial charge in [0.1, 0.15) is 0 Å². The minimum absolute atomic E-state index is 0.0994. The lowest BCUT2D eigenvalue weighted by molar-refractivity contribution is -0.113. The number of rotatable bonds is 5. The third kappa shape index (κ3) is 4.30. The Balaban J connectivity index is 1.41. The maximum absolute atomic E-state index is 12.1. The predicted octanol–water partition coefficient (Wildman–Crippen LogP) is 5.93. The lowest BCUT2D eigenvalue weighted by Crippen LogP contribution is -2.14. The number of fused-ring (bicyclic) bond motifs is 1. The van der Waals surface area contributed by atoms with Crippen molar-refractivity contribution in [2.75, 3.05) is 11.1 Å². The largest absolute Gasteiger partial charge is 0.411 e. The van der Waals surface area contributed by atoms with Crippen molar-refractivity contribution in [1.82, 2.24) is 10.2 Å². The minimum Gasteiger partial charge on any atom is -0.411 e. The van der Waals surface area contributed by atoms with Gasteiger partial charge in [0, 0.05) is 10.6 Å². The summed E-state index contributed by atoms with van der Waals surface area (Å²) in [5, 5.41) is 14.2. The third-order valence-corrected chi connectivity index (χ3v) is 5.32. The summed E-state index contributed by atoms with van der Waals surface area (Å²) in [6.45, 7) is 0. The van der Waals surface area contributed by atoms with Gasteiger partial charge in [-0.25, -0.2) is 0 Å². The zero-order valence-corrected chi connectivity index (χ0v) is 16.7. The van der Waals surface area contributed by atoms with Crippen molar-refractivity contribution in [3.05, 3.63) is 70.7 Å². The highest BCUT2D eigenvalue weighted by Gasteiger charge is 2.13. The lowest BCUT2D eigenvalue weighted by atomic mass is 10.1. The number of benzene rings is 3. The molecule has 0 aliphatic rings. The standard InChI is InChI=1S/C20H13Cl2N3O2S/c21-15-7-8-16(22)17(10-15)23-18(26)11-28-20-25-24-19(27-20)14-6-5-12-3-1-2-4-13(12)9-14/h1-10H,11H2,(H,23,26). The van der Waals surface area contributed by atoms with Crippen LogP contribution in [0.2, 0.25) is 10.0 Å². The number of aromatic nitrogens is 2. The lowest BCUT2D eigenvalue weighted by Gasteiger charge is -2.06. The molecule has 5 nitrogen and oxygen atoms in total. The Morgan fingerprint density at radius 2 is 1.82 bits per heavy atom. The Kier molecular flexibility index (Phi) is 5.52. The molecule has 0 spiro atoms. The molecule has 140 valence electrons. The van der Waals surface area contributed by atoms with E-state index in [0.29, 0.717) is 26.8 Å². The number of hydrogen-bond donors (Lipinski definition) is 1. The van der Waals surface area contributed by atoms with Gasteiger partial charge in [-0.2, -0.15) is 0 Å². The van der Waals surface area contributed by atoms with E-state index >= 15 is 0 Å². The number of hydrogen-bond acceptors (Lipinski definition) is 5. The van der Waals surface area contributed by atoms with E-state index in [1.54, 1.807) is 18.2 Å². The van der Waals surface area contributed by atoms with Gasteiger partial charge in [-0.1, -0.05) is 65.3 Å². The van der Waals surface area contributed by atoms with Crippen molar-refractivity contribution >= 4 is 57.3 Å². The zero-order valence-electron chi connectivity index (χ0n) is 14.4. The molecule has 1 aromatic heterocycles. The van der Waals surface area contributed by atoms with Crippen LogP contribution in [0.25, 0.3) is 22.2 Å². The summed E-state index contributed by atoms with van der Waals surface area (Å²) < 4.78 is 5.68. The molecule has 0 aliphatic heterocycles. The molecule has 28 heavy (non-hydrogen) atoms. The number of thioether (sulfide) groups is 1. The fourth-order valence-electron chi connectivity index (χ4n) is 2.61. The van der Waals surface area contributed by atoms with Gasteiger partial charge in [0.15, 0.2) is 0 Å². The smallest absolute Gasteiger partial charge is 0.277 e. The molecule has 8 heteroatoms. The molecule has 4 rings (SSSR count). The van der Waals surface area contributed by atoms with Crippen LogP contribution in [0.1, 0.15) is 0 Å². The Bertz CT molecular complexity index is 1160. The number of anilines is 1. The van der Waals surface area contributed by atoms with Gasteiger partial charge >= 0.3 is 0 Å². The molecule has 4 aromatic rings. The first-order chi connectivity index (χ1) is 13.6. The van der Waals surface area contributed by atoms with Crippen LogP contribution < -0.4 is 5.32 Å². The number of amides is 1. The summed E-state index contributed by atoms with van der Waals surface area (Å²) in [4.78, 5) is 12.1. The molecule has 0 saturated heterocycles. The number of halogens is 2. The molecular weight excluding hydrogens is 417 g/mol. The Hall–Kier alpha value is -2.54. The van der Waals surface area contributed by atoms with Crippen LogP contribution >= 0.6 is 35.0 Å². The third-order valence-electron chi connectivity index (χ3n) is 3.93. The first-order valence-electron chi connectivity index (χ1n) is 8.29. The molecule has 0 fully saturated rings. The number of nitrogens with one attached hydrogen (secondary N) is 1. The summed E-state index contributed by atoms with van der Waals surface area (Å²) in [7, 11) is 0. The second-order valence-corrected chi connectivity index (χ2v) is 7.67. The van der Waals surface area contributed by atoms with E-state index in [9.17, 15) is 4.79 Å². The normalized spacial score (nSPS) is 10.9. The Morgan fingerprint density at radius 3 is 2.68 bits per heavy atom. The SMILES string of the molecule is O=C(CSc1nnc(-c2ccc3ccccc3c2)o1)Nc1cc(Cl)ccc1Cl. The van der Waals surface area contributed by atoms with Gasteiger partial charge in [0.2, 0.25) is 11.8 Å². The average Bonchev–Trinajstić information content (AvgIpc) is 3.18. The minimum atomic E-state index is -0.250. The maximum atomic E-state index is 12.1. The first-order valence-corrected chi connectivity index (χ1v) is 10.0. The molecule has 0 bridgehead atoms. The summed E-state index contributed by atoms with van der Waals surface area (Å²) in [6.07, 6.45) is 0. The molecule has 0 saturated carbocycles. The molecule has 1 heterocycles. The van der Waals surface area contributed by atoms with Crippen molar-refractivity contribution in [1.29, 1.82) is 0 Å². The van der Waals surface area contributed by atoms with Crippen LogP contribution in [0.3, 0.4) is 0 Å². The van der Waals surface area contributed by atoms with Crippen molar-refractivity contribution in [2.24, 2.45) is 0 Å². The maximum Gasteiger partial charge on any atom is 0.277 e. The van der Waals surface area contributed by atoms with E-state index in [1.807, 2.05) is 42.5 Å². The second-order valence-electron chi connectivity index (χ2n) is 5.90. The van der Waals surface area contributed by atoms with Crippen molar-refractivity contribution in [3.63, 3.8) is 0 Å². The van der Waals surface area contributed by atoms with E-state index < -0.39 is 0 Å². The van der Waals surface area contributed by atoms with Gasteiger partial charge in [0.25, 0.3) is 5.22 Å². The number of carbonyl (C=O) groups is 1. The fraction of sp³-hybridized carbons (Fsp3) is 0.0500. The highest BCUT2D eigenvalue weighted by molar-refractivity contribution is 7.99. The molecule has 0 aliphatic carbocycles. The van der Waals surface area contributed by atoms with E-state index in [-0.39, 0.29) is 11.7 Å². The van der Waals surface area contributed by atoms with E-state index in [0.717, 1.165) is 28.1 Å². The highest BCUT2D eigenvalue weighted by atomic mass is 35.5. The van der Waals surface area contributed by atoms with E-state index in [4.69, 9.17) is 27.6 Å². The van der Waals surface area contributed by atoms with Crippen LogP contribution in [-0.2, 0) is 4.79 Å². The van der Waals surface area contributed by atoms with Crippen LogP contribution in [0.5, 0.6) is 0 Å². The summed E-state index contributed by atoms with van der Waals surface area (Å²) in [5.41, 5.74) is 1.29. The summed E-state index contributed by atoms with van der Waals surface area (Å²) in [6, 6.07) is 18.8. The Morgan fingerprint density at radius 1 is 1.00 bits per heavy atom. The van der Waals surface area contributed by atoms with Crippen LogP contribution in [0.15, 0.2) is 70.3 Å². The van der Waals surface area contributed by atoms with Gasteiger partial charge in [-0.05, 0) is 41.1 Å². The second kappa shape index (κ2) is 8.22. The molecular formula is C20H13Cl2N3O2S. The Labute approximate surface area is 175 Å². The molecule has 1 amide bonds. The molecule has 0 atom stereocenters. The molecule has 1 N–H and O–H groups in total. The predicted molar refractivity (Wildman–Crippen MR) is 113 cm³/mol. The zero-order chi connectivity index (χ0) is 19.5. The fourth-order valence-corrected chi connectivity index (χ4v) is 3.51. The van der Waals surface area contributed by atoms with E-state index in [1.165, 1.54) is 0 Å². The molecule has 0 radical (unpaired) electrons.